The maximum atomic E-state index is 11.4. The number of hydrogen-bond acceptors (Lipinski definition) is 9. The van der Waals surface area contributed by atoms with Crippen molar-refractivity contribution in [3.8, 4) is 17.2 Å². The number of rotatable bonds is 12. The number of carbonyl (C=O) groups is 3. The summed E-state index contributed by atoms with van der Waals surface area (Å²) in [5.74, 6) is -0.170. The van der Waals surface area contributed by atoms with Crippen LogP contribution in [0.1, 0.15) is 0 Å². The number of benzene rings is 3. The van der Waals surface area contributed by atoms with Crippen molar-refractivity contribution in [2.24, 2.45) is 0 Å². The fourth-order valence-electron chi connectivity index (χ4n) is 2.49. The molecule has 0 aromatic heterocycles. The molecule has 0 aliphatic heterocycles. The van der Waals surface area contributed by atoms with Gasteiger partial charge in [-0.1, -0.05) is 0 Å². The van der Waals surface area contributed by atoms with E-state index < -0.39 is 33.9 Å². The minimum absolute atomic E-state index is 0.451. The van der Waals surface area contributed by atoms with Crippen LogP contribution in [-0.2, 0) is 14.4 Å². The average molecular weight is 659 g/mol. The fraction of sp³-hybridized carbons (Fsp3) is 0. The molecule has 3 aromatic carbocycles. The monoisotopic (exact) mass is 658 g/mol. The Balaban J connectivity index is 1.75. The number of esters is 3. The zero-order valence-electron chi connectivity index (χ0n) is 19.4. The average Bonchev–Trinajstić information content (AvgIpc) is 2.91. The summed E-state index contributed by atoms with van der Waals surface area (Å²) in [6.45, 7) is 10.2. The molecular formula is C27H21O6S3Sb. The predicted octanol–water partition coefficient (Wildman–Crippen LogP) is 6.62. The Labute approximate surface area is 230 Å². The van der Waals surface area contributed by atoms with Crippen LogP contribution in [-0.4, -0.2) is 33.9 Å². The molecule has 0 heterocycles. The van der Waals surface area contributed by atoms with E-state index in [1.165, 1.54) is 0 Å². The molecule has 0 amide bonds. The summed E-state index contributed by atoms with van der Waals surface area (Å²) in [5.41, 5.74) is 0. The number of carbonyl (C=O) groups excluding carboxylic acids is 3. The van der Waals surface area contributed by atoms with E-state index in [1.54, 1.807) is 62.9 Å². The second-order valence-electron chi connectivity index (χ2n) is 6.79. The fourth-order valence-corrected chi connectivity index (χ4v) is 25.0. The van der Waals surface area contributed by atoms with Crippen LogP contribution in [0.4, 0.5) is 0 Å². The molecule has 0 radical (unpaired) electrons. The Morgan fingerprint density at radius 1 is 0.514 bits per heavy atom. The molecule has 0 N–H and O–H groups in total. The van der Waals surface area contributed by atoms with Gasteiger partial charge in [0.1, 0.15) is 0 Å². The van der Waals surface area contributed by atoms with Crippen LogP contribution in [0.25, 0.3) is 0 Å². The van der Waals surface area contributed by atoms with Crippen molar-refractivity contribution in [3.05, 3.63) is 111 Å². The molecule has 0 unspecified atom stereocenters. The Morgan fingerprint density at radius 3 is 0.973 bits per heavy atom. The van der Waals surface area contributed by atoms with E-state index in [4.69, 9.17) is 14.2 Å². The number of ether oxygens (including phenoxy) is 3. The van der Waals surface area contributed by atoms with Crippen LogP contribution in [0.2, 0.25) is 0 Å². The van der Waals surface area contributed by atoms with Gasteiger partial charge in [0.25, 0.3) is 0 Å². The summed E-state index contributed by atoms with van der Waals surface area (Å²) in [4.78, 5) is 37.5. The van der Waals surface area contributed by atoms with Gasteiger partial charge in [-0.05, 0) is 0 Å². The predicted molar refractivity (Wildman–Crippen MR) is 150 cm³/mol. The standard InChI is InChI=1S/3C9H8O2S.Sb/c3*1-2-9(10)11-7-3-5-8(12)6-4-7;/h3*2-6,12H,1H2;/q;;;+3/p-3. The quantitative estimate of drug-likeness (QED) is 0.0923. The van der Waals surface area contributed by atoms with Crippen LogP contribution >= 0.6 is 26.5 Å². The van der Waals surface area contributed by atoms with Gasteiger partial charge < -0.3 is 0 Å². The zero-order chi connectivity index (χ0) is 26.6. The summed E-state index contributed by atoms with van der Waals surface area (Å²) in [6.07, 6.45) is 3.36. The van der Waals surface area contributed by atoms with Gasteiger partial charge in [-0.3, -0.25) is 0 Å². The molecule has 0 saturated heterocycles. The normalized spacial score (nSPS) is 10.3. The Bertz CT molecular complexity index is 1110. The van der Waals surface area contributed by atoms with Gasteiger partial charge in [0.05, 0.1) is 0 Å². The first-order valence-electron chi connectivity index (χ1n) is 10.6. The Morgan fingerprint density at radius 2 is 0.757 bits per heavy atom. The minimum atomic E-state index is -2.22. The van der Waals surface area contributed by atoms with Crippen molar-refractivity contribution >= 4 is 60.5 Å². The van der Waals surface area contributed by atoms with E-state index in [9.17, 15) is 14.4 Å². The van der Waals surface area contributed by atoms with Crippen molar-refractivity contribution in [3.63, 3.8) is 0 Å². The van der Waals surface area contributed by atoms with Gasteiger partial charge in [0.15, 0.2) is 0 Å². The first-order valence-corrected chi connectivity index (χ1v) is 22.3. The molecule has 0 bridgehead atoms. The molecule has 3 aromatic rings. The summed E-state index contributed by atoms with van der Waals surface area (Å²) in [5, 5.41) is 0. The molecule has 188 valence electrons. The van der Waals surface area contributed by atoms with Gasteiger partial charge in [0.2, 0.25) is 0 Å². The molecule has 0 spiro atoms. The molecule has 6 nitrogen and oxygen atoms in total. The van der Waals surface area contributed by atoms with E-state index in [0.717, 1.165) is 32.9 Å². The van der Waals surface area contributed by atoms with Crippen LogP contribution in [0.3, 0.4) is 0 Å². The van der Waals surface area contributed by atoms with Crippen LogP contribution in [0.5, 0.6) is 17.2 Å². The van der Waals surface area contributed by atoms with Gasteiger partial charge >= 0.3 is 232 Å². The van der Waals surface area contributed by atoms with Gasteiger partial charge in [-0.25, -0.2) is 0 Å². The van der Waals surface area contributed by atoms with Crippen LogP contribution < -0.4 is 14.2 Å². The van der Waals surface area contributed by atoms with Crippen LogP contribution in [0.15, 0.2) is 125 Å². The summed E-state index contributed by atoms with van der Waals surface area (Å²) in [7, 11) is 5.40. The summed E-state index contributed by atoms with van der Waals surface area (Å²) >= 11 is -2.22. The van der Waals surface area contributed by atoms with Crippen molar-refractivity contribution < 1.29 is 28.6 Å². The first-order chi connectivity index (χ1) is 17.9. The third-order valence-corrected chi connectivity index (χ3v) is 24.3. The maximum absolute atomic E-state index is 11.4. The van der Waals surface area contributed by atoms with Gasteiger partial charge in [-0.15, -0.1) is 0 Å². The SMILES string of the molecule is C=CC(=O)Oc1ccc([S][Sb]([S]c2ccc(OC(=O)C=C)cc2)[S]c2ccc(OC(=O)C=C)cc2)cc1. The first kappa shape index (κ1) is 28.7. The van der Waals surface area contributed by atoms with E-state index in [1.807, 2.05) is 36.4 Å². The Hall–Kier alpha value is -2.84. The molecule has 0 saturated carbocycles. The zero-order valence-corrected chi connectivity index (χ0v) is 24.4. The van der Waals surface area contributed by atoms with Gasteiger partial charge in [-0.2, -0.15) is 0 Å². The van der Waals surface area contributed by atoms with Gasteiger partial charge in [0, 0.05) is 0 Å². The third kappa shape index (κ3) is 9.85. The van der Waals surface area contributed by atoms with Crippen molar-refractivity contribution in [1.82, 2.24) is 0 Å². The molecule has 0 aliphatic carbocycles. The van der Waals surface area contributed by atoms with E-state index in [-0.39, 0.29) is 0 Å². The molecule has 10 heteroatoms. The van der Waals surface area contributed by atoms with Crippen molar-refractivity contribution in [2.45, 2.75) is 14.7 Å². The van der Waals surface area contributed by atoms with E-state index in [0.29, 0.717) is 17.2 Å². The van der Waals surface area contributed by atoms with E-state index in [2.05, 4.69) is 19.7 Å². The van der Waals surface area contributed by atoms with Crippen molar-refractivity contribution in [2.75, 3.05) is 0 Å². The molecule has 0 aliphatic rings. The second kappa shape index (κ2) is 14.8. The topological polar surface area (TPSA) is 78.9 Å². The summed E-state index contributed by atoms with van der Waals surface area (Å²) in [6, 6.07) is 22.0. The number of hydrogen-bond donors (Lipinski definition) is 0. The van der Waals surface area contributed by atoms with Crippen LogP contribution in [0, 0.1) is 0 Å². The molecule has 0 fully saturated rings. The van der Waals surface area contributed by atoms with E-state index >= 15 is 0 Å². The second-order valence-corrected chi connectivity index (χ2v) is 26.7. The molecule has 0 atom stereocenters. The molecule has 3 rings (SSSR count). The molecular weight excluding hydrogens is 638 g/mol. The molecule has 37 heavy (non-hydrogen) atoms. The summed E-state index contributed by atoms with van der Waals surface area (Å²) < 4.78 is 15.5. The Kier molecular flexibility index (Phi) is 11.5. The van der Waals surface area contributed by atoms with Crippen molar-refractivity contribution in [1.29, 1.82) is 0 Å². The third-order valence-electron chi connectivity index (χ3n) is 4.17.